The number of ether oxygens (including phenoxy) is 6. The van der Waals surface area contributed by atoms with E-state index in [9.17, 15) is 9.59 Å². The number of carbonyl (C=O) groups is 2. The van der Waals surface area contributed by atoms with Crippen molar-refractivity contribution in [2.45, 2.75) is 31.2 Å². The van der Waals surface area contributed by atoms with E-state index in [2.05, 4.69) is 6.07 Å². The first kappa shape index (κ1) is 24.5. The Bertz CT molecular complexity index is 880. The fourth-order valence-electron chi connectivity index (χ4n) is 4.69. The number of carbonyl (C=O) groups excluding carboxylic acids is 2. The van der Waals surface area contributed by atoms with Gasteiger partial charge in [-0.3, -0.25) is 9.59 Å². The quantitative estimate of drug-likeness (QED) is 0.448. The number of hydrogen-bond acceptors (Lipinski definition) is 8. The largest absolute Gasteiger partial charge is 0.490 e. The summed E-state index contributed by atoms with van der Waals surface area (Å²) in [6.45, 7) is 5.69. The molecule has 3 atom stereocenters. The number of hydrogen-bond donors (Lipinski definition) is 0. The lowest BCUT2D eigenvalue weighted by atomic mass is 9.87. The molecule has 0 saturated carbocycles. The average molecular weight is 491 g/mol. The van der Waals surface area contributed by atoms with Crippen LogP contribution in [0.4, 0.5) is 0 Å². The standard InChI is InChI=1S/C25H34N2O8/c28-24(26-4-8-30-9-5-26)16-34-22-12-18-2-1-3-21(33-15-19-14-32-19)20(18)13-23(22)35-17-25(29)27-6-10-31-11-7-27/h1-3,19,22-23H,4-17H2/t19?,22-,23+/m0/s1. The molecule has 0 bridgehead atoms. The first-order valence-electron chi connectivity index (χ1n) is 12.5. The summed E-state index contributed by atoms with van der Waals surface area (Å²) in [5.41, 5.74) is 2.18. The van der Waals surface area contributed by atoms with Crippen molar-refractivity contribution in [1.29, 1.82) is 0 Å². The zero-order valence-electron chi connectivity index (χ0n) is 20.0. The van der Waals surface area contributed by atoms with Crippen LogP contribution in [0.25, 0.3) is 0 Å². The summed E-state index contributed by atoms with van der Waals surface area (Å²) in [7, 11) is 0. The molecule has 0 N–H and O–H groups in total. The van der Waals surface area contributed by atoms with Crippen LogP contribution in [0.5, 0.6) is 5.75 Å². The zero-order chi connectivity index (χ0) is 24.0. The summed E-state index contributed by atoms with van der Waals surface area (Å²) >= 11 is 0. The number of rotatable bonds is 9. The van der Waals surface area contributed by atoms with E-state index in [1.165, 1.54) is 0 Å². The molecule has 5 rings (SSSR count). The van der Waals surface area contributed by atoms with Crippen LogP contribution in [0.15, 0.2) is 18.2 Å². The smallest absolute Gasteiger partial charge is 0.248 e. The van der Waals surface area contributed by atoms with E-state index < -0.39 is 0 Å². The number of nitrogens with zero attached hydrogens (tertiary/aromatic N) is 2. The third-order valence-corrected chi connectivity index (χ3v) is 6.87. The van der Waals surface area contributed by atoms with E-state index in [0.717, 1.165) is 23.5 Å². The van der Waals surface area contributed by atoms with Gasteiger partial charge in [-0.15, -0.1) is 0 Å². The van der Waals surface area contributed by atoms with Crippen LogP contribution in [-0.2, 0) is 46.1 Å². The SMILES string of the molecule is O=C(CO[C@H]1Cc2cccc(OCC3CO3)c2C[C@H]1OCC(=O)N1CCOCC1)N1CCOCC1. The van der Waals surface area contributed by atoms with Gasteiger partial charge in [0.1, 0.15) is 31.7 Å². The van der Waals surface area contributed by atoms with Crippen molar-refractivity contribution in [2.24, 2.45) is 0 Å². The van der Waals surface area contributed by atoms with Crippen molar-refractivity contribution < 1.29 is 38.0 Å². The molecule has 10 heteroatoms. The molecule has 0 radical (unpaired) electrons. The second kappa shape index (κ2) is 11.7. The summed E-state index contributed by atoms with van der Waals surface area (Å²) in [4.78, 5) is 28.9. The Balaban J connectivity index is 1.25. The molecular formula is C25H34N2O8. The molecule has 3 fully saturated rings. The third-order valence-electron chi connectivity index (χ3n) is 6.87. The third kappa shape index (κ3) is 6.50. The predicted octanol–water partition coefficient (Wildman–Crippen LogP) is 0.0508. The molecule has 3 saturated heterocycles. The first-order valence-corrected chi connectivity index (χ1v) is 12.5. The van der Waals surface area contributed by atoms with Crippen LogP contribution in [-0.4, -0.2) is 119 Å². The van der Waals surface area contributed by atoms with Crippen molar-refractivity contribution in [3.8, 4) is 5.75 Å². The summed E-state index contributed by atoms with van der Waals surface area (Å²) in [5.74, 6) is 0.704. The molecule has 0 aromatic heterocycles. The van der Waals surface area contributed by atoms with Gasteiger partial charge in [0.15, 0.2) is 0 Å². The number of fused-ring (bicyclic) bond motifs is 1. The van der Waals surface area contributed by atoms with Crippen LogP contribution in [0.2, 0.25) is 0 Å². The topological polar surface area (TPSA) is 99.3 Å². The molecule has 192 valence electrons. The lowest BCUT2D eigenvalue weighted by Crippen LogP contribution is -2.47. The fourth-order valence-corrected chi connectivity index (χ4v) is 4.69. The van der Waals surface area contributed by atoms with Crippen LogP contribution in [0.3, 0.4) is 0 Å². The van der Waals surface area contributed by atoms with E-state index in [-0.39, 0.29) is 43.3 Å². The monoisotopic (exact) mass is 490 g/mol. The zero-order valence-corrected chi connectivity index (χ0v) is 20.0. The van der Waals surface area contributed by atoms with Gasteiger partial charge in [-0.1, -0.05) is 12.1 Å². The summed E-state index contributed by atoms with van der Waals surface area (Å²) in [5, 5.41) is 0. The average Bonchev–Trinajstić information content (AvgIpc) is 3.74. The maximum Gasteiger partial charge on any atom is 0.248 e. The van der Waals surface area contributed by atoms with Gasteiger partial charge in [-0.2, -0.15) is 0 Å². The van der Waals surface area contributed by atoms with E-state index in [1.807, 2.05) is 12.1 Å². The van der Waals surface area contributed by atoms with Crippen molar-refractivity contribution in [1.82, 2.24) is 9.80 Å². The molecule has 1 aromatic carbocycles. The highest BCUT2D eigenvalue weighted by molar-refractivity contribution is 5.78. The van der Waals surface area contributed by atoms with Gasteiger partial charge < -0.3 is 38.2 Å². The summed E-state index contributed by atoms with van der Waals surface area (Å²) in [6.07, 6.45) is 0.581. The van der Waals surface area contributed by atoms with Gasteiger partial charge >= 0.3 is 0 Å². The van der Waals surface area contributed by atoms with E-state index in [4.69, 9.17) is 28.4 Å². The molecule has 1 unspecified atom stereocenters. The molecule has 4 aliphatic rings. The van der Waals surface area contributed by atoms with Crippen molar-refractivity contribution in [3.63, 3.8) is 0 Å². The molecule has 3 heterocycles. The molecule has 3 aliphatic heterocycles. The predicted molar refractivity (Wildman–Crippen MR) is 123 cm³/mol. The Labute approximate surface area is 205 Å². The van der Waals surface area contributed by atoms with Crippen molar-refractivity contribution in [3.05, 3.63) is 29.3 Å². The summed E-state index contributed by atoms with van der Waals surface area (Å²) < 4.78 is 34.3. The Hall–Kier alpha value is -2.24. The number of morpholine rings is 2. The van der Waals surface area contributed by atoms with E-state index in [0.29, 0.717) is 72.1 Å². The Kier molecular flexibility index (Phi) is 8.15. The highest BCUT2D eigenvalue weighted by atomic mass is 16.6. The van der Waals surface area contributed by atoms with Crippen LogP contribution >= 0.6 is 0 Å². The van der Waals surface area contributed by atoms with Gasteiger partial charge in [0.05, 0.1) is 45.2 Å². The molecule has 2 amide bonds. The number of amides is 2. The Morgan fingerprint density at radius 1 is 0.857 bits per heavy atom. The second-order valence-electron chi connectivity index (χ2n) is 9.25. The van der Waals surface area contributed by atoms with Gasteiger partial charge in [-0.25, -0.2) is 0 Å². The second-order valence-corrected chi connectivity index (χ2v) is 9.25. The molecular weight excluding hydrogens is 456 g/mol. The first-order chi connectivity index (χ1) is 17.2. The van der Waals surface area contributed by atoms with Gasteiger partial charge in [0.2, 0.25) is 11.8 Å². The molecule has 35 heavy (non-hydrogen) atoms. The Morgan fingerprint density at radius 2 is 1.43 bits per heavy atom. The van der Waals surface area contributed by atoms with Gasteiger partial charge in [0, 0.05) is 44.6 Å². The van der Waals surface area contributed by atoms with Crippen LogP contribution in [0.1, 0.15) is 11.1 Å². The highest BCUT2D eigenvalue weighted by Gasteiger charge is 2.34. The van der Waals surface area contributed by atoms with Gasteiger partial charge in [0.25, 0.3) is 0 Å². The maximum atomic E-state index is 12.7. The van der Waals surface area contributed by atoms with E-state index >= 15 is 0 Å². The maximum absolute atomic E-state index is 12.7. The van der Waals surface area contributed by atoms with Crippen molar-refractivity contribution >= 4 is 11.8 Å². The number of benzene rings is 1. The Morgan fingerprint density at radius 3 is 2.00 bits per heavy atom. The normalized spacial score (nSPS) is 26.2. The molecule has 1 aliphatic carbocycles. The minimum absolute atomic E-state index is 0.0213. The fraction of sp³-hybridized carbons (Fsp3) is 0.680. The lowest BCUT2D eigenvalue weighted by Gasteiger charge is -2.35. The van der Waals surface area contributed by atoms with Crippen molar-refractivity contribution in [2.75, 3.05) is 79.0 Å². The minimum atomic E-state index is -0.369. The molecule has 0 spiro atoms. The molecule has 1 aromatic rings. The van der Waals surface area contributed by atoms with Gasteiger partial charge in [-0.05, 0) is 11.6 Å². The lowest BCUT2D eigenvalue weighted by molar-refractivity contribution is -0.153. The van der Waals surface area contributed by atoms with Crippen LogP contribution in [0, 0.1) is 0 Å². The number of epoxide rings is 1. The highest BCUT2D eigenvalue weighted by Crippen LogP contribution is 2.33. The molecule has 10 nitrogen and oxygen atoms in total. The minimum Gasteiger partial charge on any atom is -0.490 e. The summed E-state index contributed by atoms with van der Waals surface area (Å²) in [6, 6.07) is 5.99. The van der Waals surface area contributed by atoms with E-state index in [1.54, 1.807) is 9.80 Å². The van der Waals surface area contributed by atoms with Crippen LogP contribution < -0.4 is 4.74 Å².